The van der Waals surface area contributed by atoms with Gasteiger partial charge in [-0.3, -0.25) is 10.2 Å². The quantitative estimate of drug-likeness (QED) is 0.744. The molecule has 2 aromatic rings. The van der Waals surface area contributed by atoms with Gasteiger partial charge in [-0.05, 0) is 49.4 Å². The van der Waals surface area contributed by atoms with Crippen molar-refractivity contribution in [2.75, 3.05) is 6.61 Å². The lowest BCUT2D eigenvalue weighted by atomic mass is 10.2. The molecule has 0 aliphatic carbocycles. The second-order valence-electron chi connectivity index (χ2n) is 4.62. The molecule has 0 saturated heterocycles. The zero-order valence-corrected chi connectivity index (χ0v) is 14.9. The molecule has 128 valence electrons. The highest BCUT2D eigenvalue weighted by molar-refractivity contribution is 7.89. The lowest BCUT2D eigenvalue weighted by molar-refractivity contribution is 0.0945. The first-order chi connectivity index (χ1) is 11.3. The second-order valence-corrected chi connectivity index (χ2v) is 7.18. The lowest BCUT2D eigenvalue weighted by Gasteiger charge is -2.10. The van der Waals surface area contributed by atoms with E-state index in [9.17, 15) is 13.2 Å². The van der Waals surface area contributed by atoms with Gasteiger partial charge in [-0.1, -0.05) is 23.2 Å². The third-order valence-corrected chi connectivity index (χ3v) is 4.54. The van der Waals surface area contributed by atoms with Crippen molar-refractivity contribution in [1.29, 1.82) is 0 Å². The third-order valence-electron chi connectivity index (χ3n) is 2.87. The Morgan fingerprint density at radius 2 is 1.67 bits per heavy atom. The number of carbonyl (C=O) groups excluding carboxylic acids is 1. The fourth-order valence-corrected chi connectivity index (χ4v) is 3.36. The Kier molecular flexibility index (Phi) is 6.06. The molecule has 1 amide bonds. The molecule has 2 aromatic carbocycles. The summed E-state index contributed by atoms with van der Waals surface area (Å²) in [4.78, 5) is 13.8. The molecule has 0 aliphatic rings. The summed E-state index contributed by atoms with van der Waals surface area (Å²) in [6, 6.07) is 10.1. The van der Waals surface area contributed by atoms with Crippen LogP contribution in [0.25, 0.3) is 0 Å². The predicted molar refractivity (Wildman–Crippen MR) is 91.9 cm³/mol. The number of nitrogens with one attached hydrogen (secondary N) is 2. The summed E-state index contributed by atoms with van der Waals surface area (Å²) in [6.45, 7) is 2.35. The van der Waals surface area contributed by atoms with Crippen LogP contribution in [0.5, 0.6) is 5.75 Å². The Morgan fingerprint density at radius 1 is 1.08 bits per heavy atom. The number of hydrogen-bond acceptors (Lipinski definition) is 4. The van der Waals surface area contributed by atoms with Crippen LogP contribution >= 0.6 is 23.2 Å². The highest BCUT2D eigenvalue weighted by Crippen LogP contribution is 2.22. The van der Waals surface area contributed by atoms with Crippen LogP contribution in [0.1, 0.15) is 17.3 Å². The first-order valence-corrected chi connectivity index (χ1v) is 9.07. The summed E-state index contributed by atoms with van der Waals surface area (Å²) in [6.07, 6.45) is 0. The van der Waals surface area contributed by atoms with Gasteiger partial charge in [0.1, 0.15) is 5.75 Å². The fourth-order valence-electron chi connectivity index (χ4n) is 1.80. The van der Waals surface area contributed by atoms with Gasteiger partial charge < -0.3 is 4.74 Å². The van der Waals surface area contributed by atoms with Crippen molar-refractivity contribution in [2.45, 2.75) is 11.8 Å². The summed E-state index contributed by atoms with van der Waals surface area (Å²) >= 11 is 11.6. The standard InChI is InChI=1S/C15H14Cl2N2O4S/c1-2-23-13-5-3-10(4-6-13)15(20)18-19-24(21,22)14-8-11(16)7-12(17)9-14/h3-9,19H,2H2,1H3,(H,18,20). The van der Waals surface area contributed by atoms with Crippen LogP contribution < -0.4 is 15.0 Å². The second kappa shape index (κ2) is 7.85. The largest absolute Gasteiger partial charge is 0.494 e. The van der Waals surface area contributed by atoms with Gasteiger partial charge in [-0.2, -0.15) is 0 Å². The zero-order chi connectivity index (χ0) is 17.7. The van der Waals surface area contributed by atoms with Crippen LogP contribution in [-0.4, -0.2) is 20.9 Å². The summed E-state index contributed by atoms with van der Waals surface area (Å²) in [5.74, 6) is -0.00190. The maximum absolute atomic E-state index is 12.1. The first-order valence-electron chi connectivity index (χ1n) is 6.83. The van der Waals surface area contributed by atoms with Crippen LogP contribution in [0.15, 0.2) is 47.4 Å². The fraction of sp³-hybridized carbons (Fsp3) is 0.133. The highest BCUT2D eigenvalue weighted by atomic mass is 35.5. The van der Waals surface area contributed by atoms with E-state index in [-0.39, 0.29) is 20.5 Å². The molecule has 0 atom stereocenters. The highest BCUT2D eigenvalue weighted by Gasteiger charge is 2.17. The van der Waals surface area contributed by atoms with Crippen molar-refractivity contribution in [3.05, 3.63) is 58.1 Å². The normalized spacial score (nSPS) is 11.1. The maximum Gasteiger partial charge on any atom is 0.266 e. The number of benzene rings is 2. The Balaban J connectivity index is 2.07. The van der Waals surface area contributed by atoms with Crippen molar-refractivity contribution in [3.63, 3.8) is 0 Å². The third kappa shape index (κ3) is 4.85. The van der Waals surface area contributed by atoms with Gasteiger partial charge in [-0.25, -0.2) is 8.42 Å². The minimum Gasteiger partial charge on any atom is -0.494 e. The van der Waals surface area contributed by atoms with Crippen molar-refractivity contribution >= 4 is 39.1 Å². The molecule has 9 heteroatoms. The molecule has 0 aromatic heterocycles. The van der Waals surface area contributed by atoms with Crippen LogP contribution in [0.3, 0.4) is 0 Å². The zero-order valence-electron chi connectivity index (χ0n) is 12.5. The predicted octanol–water partition coefficient (Wildman–Crippen LogP) is 3.02. The van der Waals surface area contributed by atoms with E-state index in [1.54, 1.807) is 12.1 Å². The van der Waals surface area contributed by atoms with Gasteiger partial charge in [0.25, 0.3) is 15.9 Å². The molecule has 2 rings (SSSR count). The van der Waals surface area contributed by atoms with Crippen LogP contribution in [-0.2, 0) is 10.0 Å². The SMILES string of the molecule is CCOc1ccc(C(=O)NNS(=O)(=O)c2cc(Cl)cc(Cl)c2)cc1. The van der Waals surface area contributed by atoms with Gasteiger partial charge in [-0.15, -0.1) is 4.83 Å². The maximum atomic E-state index is 12.1. The Morgan fingerprint density at radius 3 is 2.21 bits per heavy atom. The van der Waals surface area contributed by atoms with Gasteiger partial charge in [0, 0.05) is 15.6 Å². The molecule has 24 heavy (non-hydrogen) atoms. The monoisotopic (exact) mass is 388 g/mol. The van der Waals surface area contributed by atoms with Gasteiger partial charge in [0.05, 0.1) is 11.5 Å². The minimum atomic E-state index is -4.00. The van der Waals surface area contributed by atoms with E-state index in [4.69, 9.17) is 27.9 Å². The van der Waals surface area contributed by atoms with E-state index in [0.717, 1.165) is 0 Å². The topological polar surface area (TPSA) is 84.5 Å². The van der Waals surface area contributed by atoms with Crippen molar-refractivity contribution in [1.82, 2.24) is 10.3 Å². The number of halogens is 2. The Hall–Kier alpha value is -1.80. The van der Waals surface area contributed by atoms with Gasteiger partial charge >= 0.3 is 0 Å². The molecular formula is C15H14Cl2N2O4S. The molecule has 0 radical (unpaired) electrons. The van der Waals surface area contributed by atoms with Crippen molar-refractivity contribution in [2.24, 2.45) is 0 Å². The summed E-state index contributed by atoms with van der Waals surface area (Å²) in [7, 11) is -4.00. The molecular weight excluding hydrogens is 375 g/mol. The average molecular weight is 389 g/mol. The average Bonchev–Trinajstić information content (AvgIpc) is 2.53. The molecule has 0 spiro atoms. The van der Waals surface area contributed by atoms with E-state index in [1.165, 1.54) is 30.3 Å². The first kappa shape index (κ1) is 18.5. The smallest absolute Gasteiger partial charge is 0.266 e. The summed E-state index contributed by atoms with van der Waals surface area (Å²) in [5, 5.41) is 0.335. The lowest BCUT2D eigenvalue weighted by Crippen LogP contribution is -2.41. The van der Waals surface area contributed by atoms with E-state index < -0.39 is 15.9 Å². The van der Waals surface area contributed by atoms with Crippen LogP contribution in [0.4, 0.5) is 0 Å². The molecule has 2 N–H and O–H groups in total. The minimum absolute atomic E-state index is 0.160. The van der Waals surface area contributed by atoms with E-state index in [1.807, 2.05) is 11.8 Å². The number of sulfonamides is 1. The van der Waals surface area contributed by atoms with Crippen LogP contribution in [0, 0.1) is 0 Å². The molecule has 6 nitrogen and oxygen atoms in total. The van der Waals surface area contributed by atoms with Crippen molar-refractivity contribution < 1.29 is 17.9 Å². The Bertz CT molecular complexity index is 819. The Labute approximate surface area is 149 Å². The molecule has 0 heterocycles. The van der Waals surface area contributed by atoms with Crippen molar-refractivity contribution in [3.8, 4) is 5.75 Å². The molecule has 0 saturated carbocycles. The molecule has 0 unspecified atom stereocenters. The van der Waals surface area contributed by atoms with E-state index in [0.29, 0.717) is 12.4 Å². The number of amides is 1. The number of hydrazine groups is 1. The van der Waals surface area contributed by atoms with Gasteiger partial charge in [0.15, 0.2) is 0 Å². The molecule has 0 fully saturated rings. The van der Waals surface area contributed by atoms with E-state index >= 15 is 0 Å². The number of carbonyl (C=O) groups is 1. The van der Waals surface area contributed by atoms with Crippen LogP contribution in [0.2, 0.25) is 10.0 Å². The van der Waals surface area contributed by atoms with Gasteiger partial charge in [0.2, 0.25) is 0 Å². The molecule has 0 aliphatic heterocycles. The molecule has 0 bridgehead atoms. The number of hydrogen-bond donors (Lipinski definition) is 2. The summed E-state index contributed by atoms with van der Waals surface area (Å²) in [5.41, 5.74) is 2.39. The number of rotatable bonds is 6. The van der Waals surface area contributed by atoms with E-state index in [2.05, 4.69) is 5.43 Å². The number of ether oxygens (including phenoxy) is 1. The summed E-state index contributed by atoms with van der Waals surface area (Å²) < 4.78 is 29.6.